The highest BCUT2D eigenvalue weighted by molar-refractivity contribution is 7.14. The zero-order valence-electron chi connectivity index (χ0n) is 12.0. The fourth-order valence-corrected chi connectivity index (χ4v) is 2.03. The van der Waals surface area contributed by atoms with E-state index >= 15 is 0 Å². The van der Waals surface area contributed by atoms with Crippen LogP contribution in [0.15, 0.2) is 10.5 Å². The summed E-state index contributed by atoms with van der Waals surface area (Å²) >= 11 is 17.4. The fraction of sp³-hybridized carbons (Fsp3) is 0.455. The van der Waals surface area contributed by atoms with E-state index in [9.17, 15) is 9.59 Å². The smallest absolute Gasteiger partial charge is 0.413 e. The maximum Gasteiger partial charge on any atom is 0.413 e. The molecule has 1 N–H and O–H groups in total. The van der Waals surface area contributed by atoms with E-state index in [1.807, 2.05) is 0 Å². The number of rotatable bonds is 6. The number of aromatic nitrogens is 1. The first-order valence-electron chi connectivity index (χ1n) is 6.01. The summed E-state index contributed by atoms with van der Waals surface area (Å²) in [5.41, 5.74) is 0.0419. The van der Waals surface area contributed by atoms with Gasteiger partial charge >= 0.3 is 12.1 Å². The van der Waals surface area contributed by atoms with Crippen molar-refractivity contribution >= 4 is 69.0 Å². The van der Waals surface area contributed by atoms with Gasteiger partial charge in [0.1, 0.15) is 19.4 Å². The number of thiazole rings is 1. The van der Waals surface area contributed by atoms with Crippen molar-refractivity contribution in [2.24, 2.45) is 5.16 Å². The number of hydrogen-bond acceptors (Lipinski definition) is 8. The SMILES string of the molecule is CCOC(=O)/C(=N/OC)c1csc(NC(=O)OCC(Cl)(Cl)Cl)n1. The van der Waals surface area contributed by atoms with Crippen LogP contribution < -0.4 is 5.32 Å². The molecule has 1 rings (SSSR count). The highest BCUT2D eigenvalue weighted by atomic mass is 35.6. The van der Waals surface area contributed by atoms with Gasteiger partial charge in [-0.05, 0) is 6.92 Å². The van der Waals surface area contributed by atoms with E-state index < -0.39 is 22.5 Å². The minimum atomic E-state index is -1.71. The van der Waals surface area contributed by atoms with E-state index in [1.54, 1.807) is 6.92 Å². The predicted molar refractivity (Wildman–Crippen MR) is 87.6 cm³/mol. The maximum atomic E-state index is 11.8. The lowest BCUT2D eigenvalue weighted by atomic mass is 10.3. The van der Waals surface area contributed by atoms with E-state index in [0.29, 0.717) is 0 Å². The lowest BCUT2D eigenvalue weighted by Crippen LogP contribution is -2.22. The molecular formula is C11H12Cl3N3O5S. The van der Waals surface area contributed by atoms with Crippen molar-refractivity contribution < 1.29 is 23.9 Å². The number of carbonyl (C=O) groups excluding carboxylic acids is 2. The van der Waals surface area contributed by atoms with Gasteiger partial charge in [-0.25, -0.2) is 14.6 Å². The Hall–Kier alpha value is -1.29. The number of halogens is 3. The molecule has 0 aliphatic heterocycles. The van der Waals surface area contributed by atoms with Crippen LogP contribution >= 0.6 is 46.1 Å². The van der Waals surface area contributed by atoms with Gasteiger partial charge in [0.2, 0.25) is 9.50 Å². The highest BCUT2D eigenvalue weighted by Gasteiger charge is 2.23. The molecule has 0 aromatic carbocycles. The lowest BCUT2D eigenvalue weighted by molar-refractivity contribution is -0.135. The number of amides is 1. The van der Waals surface area contributed by atoms with Crippen molar-refractivity contribution in [1.29, 1.82) is 0 Å². The van der Waals surface area contributed by atoms with Crippen LogP contribution in [0, 0.1) is 0 Å². The van der Waals surface area contributed by atoms with E-state index in [4.69, 9.17) is 39.5 Å². The summed E-state index contributed by atoms with van der Waals surface area (Å²) in [7, 11) is 1.28. The van der Waals surface area contributed by atoms with Gasteiger partial charge in [0.15, 0.2) is 5.13 Å². The van der Waals surface area contributed by atoms with Crippen molar-refractivity contribution in [2.45, 2.75) is 10.7 Å². The Morgan fingerprint density at radius 3 is 2.65 bits per heavy atom. The number of anilines is 1. The number of nitrogens with zero attached hydrogens (tertiary/aromatic N) is 2. The first kappa shape index (κ1) is 19.8. The Morgan fingerprint density at radius 1 is 1.39 bits per heavy atom. The molecule has 0 bridgehead atoms. The molecule has 1 aromatic heterocycles. The molecule has 0 aliphatic carbocycles. The molecule has 0 saturated carbocycles. The van der Waals surface area contributed by atoms with Crippen molar-refractivity contribution in [3.05, 3.63) is 11.1 Å². The average Bonchev–Trinajstić information content (AvgIpc) is 2.90. The summed E-state index contributed by atoms with van der Waals surface area (Å²) in [6.45, 7) is 1.39. The van der Waals surface area contributed by atoms with Gasteiger partial charge < -0.3 is 14.3 Å². The Bertz CT molecular complexity index is 588. The zero-order valence-corrected chi connectivity index (χ0v) is 15.1. The quantitative estimate of drug-likeness (QED) is 0.339. The molecule has 0 aliphatic rings. The third-order valence-corrected chi connectivity index (χ3v) is 3.06. The molecule has 0 atom stereocenters. The average molecular weight is 405 g/mol. The molecule has 0 fully saturated rings. The molecule has 128 valence electrons. The van der Waals surface area contributed by atoms with Crippen LogP contribution in [0.4, 0.5) is 9.93 Å². The normalized spacial score (nSPS) is 11.8. The second-order valence-electron chi connectivity index (χ2n) is 3.70. The van der Waals surface area contributed by atoms with Gasteiger partial charge in [-0.1, -0.05) is 40.0 Å². The number of oxime groups is 1. The van der Waals surface area contributed by atoms with Gasteiger partial charge in [-0.3, -0.25) is 5.32 Å². The molecular weight excluding hydrogens is 393 g/mol. The lowest BCUT2D eigenvalue weighted by Gasteiger charge is -2.10. The van der Waals surface area contributed by atoms with Crippen LogP contribution in [0.3, 0.4) is 0 Å². The molecule has 8 nitrogen and oxygen atoms in total. The number of carbonyl (C=O) groups is 2. The van der Waals surface area contributed by atoms with Crippen molar-refractivity contribution in [1.82, 2.24) is 4.98 Å². The van der Waals surface area contributed by atoms with E-state index in [0.717, 1.165) is 11.3 Å². The molecule has 0 unspecified atom stereocenters. The summed E-state index contributed by atoms with van der Waals surface area (Å²) < 4.78 is 7.81. The number of ether oxygens (including phenoxy) is 2. The Kier molecular flexibility index (Phi) is 7.83. The van der Waals surface area contributed by atoms with Crippen LogP contribution in [0.2, 0.25) is 0 Å². The van der Waals surface area contributed by atoms with E-state index in [1.165, 1.54) is 12.5 Å². The summed E-state index contributed by atoms with van der Waals surface area (Å²) in [6.07, 6.45) is -0.862. The first-order valence-corrected chi connectivity index (χ1v) is 8.03. The van der Waals surface area contributed by atoms with Crippen LogP contribution in [-0.4, -0.2) is 46.9 Å². The monoisotopic (exact) mass is 403 g/mol. The number of alkyl halides is 3. The summed E-state index contributed by atoms with van der Waals surface area (Å²) in [4.78, 5) is 31.9. The van der Waals surface area contributed by atoms with Crippen LogP contribution in [0.5, 0.6) is 0 Å². The molecule has 0 radical (unpaired) electrons. The van der Waals surface area contributed by atoms with Gasteiger partial charge in [0.05, 0.1) is 6.61 Å². The number of esters is 1. The highest BCUT2D eigenvalue weighted by Crippen LogP contribution is 2.26. The van der Waals surface area contributed by atoms with Gasteiger partial charge in [-0.2, -0.15) is 0 Å². The second kappa shape index (κ2) is 9.11. The first-order chi connectivity index (χ1) is 10.8. The fourth-order valence-electron chi connectivity index (χ4n) is 1.19. The van der Waals surface area contributed by atoms with Crippen molar-refractivity contribution in [3.8, 4) is 0 Å². The van der Waals surface area contributed by atoms with Gasteiger partial charge in [0, 0.05) is 5.38 Å². The Morgan fingerprint density at radius 2 is 2.09 bits per heavy atom. The number of hydrogen-bond donors (Lipinski definition) is 1. The van der Waals surface area contributed by atoms with Crippen molar-refractivity contribution in [2.75, 3.05) is 25.6 Å². The zero-order chi connectivity index (χ0) is 17.5. The third kappa shape index (κ3) is 7.21. The predicted octanol–water partition coefficient (Wildman–Crippen LogP) is 2.98. The van der Waals surface area contributed by atoms with Crippen molar-refractivity contribution in [3.63, 3.8) is 0 Å². The summed E-state index contributed by atoms with van der Waals surface area (Å²) in [6, 6.07) is 0. The minimum absolute atomic E-state index is 0.131. The second-order valence-corrected chi connectivity index (χ2v) is 7.07. The Labute approximate surface area is 150 Å². The largest absolute Gasteiger partial charge is 0.461 e. The van der Waals surface area contributed by atoms with E-state index in [-0.39, 0.29) is 23.1 Å². The number of nitrogens with one attached hydrogen (secondary N) is 1. The van der Waals surface area contributed by atoms with Crippen LogP contribution in [0.25, 0.3) is 0 Å². The standard InChI is InChI=1S/C11H12Cl3N3O5S/c1-3-21-8(18)7(17-20-2)6-4-23-9(15-6)16-10(19)22-5-11(12,13)14/h4H,3,5H2,1-2H3,(H,15,16,19)/b17-7+. The molecule has 23 heavy (non-hydrogen) atoms. The molecule has 1 amide bonds. The van der Waals surface area contributed by atoms with E-state index in [2.05, 4.69) is 25.0 Å². The molecule has 1 heterocycles. The summed E-state index contributed by atoms with van der Waals surface area (Å²) in [5, 5.41) is 7.53. The molecule has 0 spiro atoms. The van der Waals surface area contributed by atoms with Gasteiger partial charge in [-0.15, -0.1) is 11.3 Å². The molecule has 12 heteroatoms. The minimum Gasteiger partial charge on any atom is -0.461 e. The molecule has 1 aromatic rings. The van der Waals surface area contributed by atoms with Gasteiger partial charge in [0.25, 0.3) is 0 Å². The molecule has 0 saturated heterocycles. The Balaban J connectivity index is 2.74. The van der Waals surface area contributed by atoms with Crippen LogP contribution in [-0.2, 0) is 19.1 Å². The maximum absolute atomic E-state index is 11.8. The van der Waals surface area contributed by atoms with Crippen LogP contribution in [0.1, 0.15) is 12.6 Å². The summed E-state index contributed by atoms with van der Waals surface area (Å²) in [5.74, 6) is -0.704. The topological polar surface area (TPSA) is 99.1 Å². The third-order valence-electron chi connectivity index (χ3n) is 1.97.